The lowest BCUT2D eigenvalue weighted by atomic mass is 10.2. The molecule has 2 rings (SSSR count). The largest absolute Gasteiger partial charge is 0.494 e. The van der Waals surface area contributed by atoms with Gasteiger partial charge in [0.15, 0.2) is 0 Å². The number of carbonyl (C=O) groups is 1. The van der Waals surface area contributed by atoms with Crippen LogP contribution in [0.3, 0.4) is 0 Å². The lowest BCUT2D eigenvalue weighted by Gasteiger charge is -2.18. The molecule has 0 atom stereocenters. The summed E-state index contributed by atoms with van der Waals surface area (Å²) in [5.74, 6) is 0.710. The van der Waals surface area contributed by atoms with Crippen molar-refractivity contribution in [2.24, 2.45) is 0 Å². The van der Waals surface area contributed by atoms with Crippen LogP contribution in [0.25, 0.3) is 0 Å². The van der Waals surface area contributed by atoms with Gasteiger partial charge < -0.3 is 14.8 Å². The molecule has 7 nitrogen and oxygen atoms in total. The Morgan fingerprint density at radius 3 is 2.32 bits per heavy atom. The van der Waals surface area contributed by atoms with Gasteiger partial charge in [0, 0.05) is 7.05 Å². The molecular formula is C20H26N2O5S. The van der Waals surface area contributed by atoms with E-state index in [1.165, 1.54) is 13.1 Å². The number of nitrogens with zero attached hydrogens (tertiary/aromatic N) is 1. The molecule has 2 aromatic carbocycles. The molecule has 0 fully saturated rings. The number of amides is 1. The first-order valence-electron chi connectivity index (χ1n) is 9.01. The SMILES string of the molecule is CCOc1ccc(S(=O)(=O)N(C)CC(=O)Nc2ccccc2OCC)cc1C. The summed E-state index contributed by atoms with van der Waals surface area (Å²) in [6, 6.07) is 11.6. The summed E-state index contributed by atoms with van der Waals surface area (Å²) in [7, 11) is -2.44. The molecule has 0 aliphatic carbocycles. The van der Waals surface area contributed by atoms with Gasteiger partial charge in [0.1, 0.15) is 11.5 Å². The minimum absolute atomic E-state index is 0.110. The van der Waals surface area contributed by atoms with Crippen molar-refractivity contribution < 1.29 is 22.7 Å². The summed E-state index contributed by atoms with van der Waals surface area (Å²) in [5, 5.41) is 2.70. The molecule has 2 aromatic rings. The smallest absolute Gasteiger partial charge is 0.243 e. The number of anilines is 1. The first-order chi connectivity index (χ1) is 13.3. The van der Waals surface area contributed by atoms with Crippen LogP contribution < -0.4 is 14.8 Å². The maximum absolute atomic E-state index is 12.8. The first kappa shape index (κ1) is 21.7. The Morgan fingerprint density at radius 2 is 1.68 bits per heavy atom. The maximum atomic E-state index is 12.8. The van der Waals surface area contributed by atoms with Crippen molar-refractivity contribution in [3.63, 3.8) is 0 Å². The Morgan fingerprint density at radius 1 is 1.04 bits per heavy atom. The van der Waals surface area contributed by atoms with Gasteiger partial charge in [-0.1, -0.05) is 12.1 Å². The van der Waals surface area contributed by atoms with Crippen molar-refractivity contribution in [1.82, 2.24) is 4.31 Å². The average Bonchev–Trinajstić information content (AvgIpc) is 2.65. The van der Waals surface area contributed by atoms with Gasteiger partial charge in [-0.05, 0) is 56.7 Å². The number of likely N-dealkylation sites (N-methyl/N-ethyl adjacent to an activating group) is 1. The molecule has 8 heteroatoms. The van der Waals surface area contributed by atoms with Gasteiger partial charge in [-0.3, -0.25) is 4.79 Å². The molecule has 0 bridgehead atoms. The molecular weight excluding hydrogens is 380 g/mol. The van der Waals surface area contributed by atoms with Crippen molar-refractivity contribution in [2.45, 2.75) is 25.7 Å². The van der Waals surface area contributed by atoms with Gasteiger partial charge in [-0.2, -0.15) is 4.31 Å². The van der Waals surface area contributed by atoms with Crippen molar-refractivity contribution in [3.8, 4) is 11.5 Å². The van der Waals surface area contributed by atoms with E-state index in [9.17, 15) is 13.2 Å². The summed E-state index contributed by atoms with van der Waals surface area (Å²) in [4.78, 5) is 12.5. The molecule has 152 valence electrons. The molecule has 0 aliphatic rings. The van der Waals surface area contributed by atoms with Gasteiger partial charge >= 0.3 is 0 Å². The van der Waals surface area contributed by atoms with Crippen LogP contribution in [0.5, 0.6) is 11.5 Å². The predicted molar refractivity (Wildman–Crippen MR) is 108 cm³/mol. The van der Waals surface area contributed by atoms with Crippen molar-refractivity contribution in [3.05, 3.63) is 48.0 Å². The molecule has 0 aromatic heterocycles. The predicted octanol–water partition coefficient (Wildman–Crippen LogP) is 3.05. The van der Waals surface area contributed by atoms with E-state index in [4.69, 9.17) is 9.47 Å². The van der Waals surface area contributed by atoms with Crippen molar-refractivity contribution in [1.29, 1.82) is 0 Å². The number of aryl methyl sites for hydroxylation is 1. The quantitative estimate of drug-likeness (QED) is 0.692. The Bertz CT molecular complexity index is 928. The molecule has 0 saturated carbocycles. The molecule has 0 spiro atoms. The fourth-order valence-corrected chi connectivity index (χ4v) is 3.82. The lowest BCUT2D eigenvalue weighted by molar-refractivity contribution is -0.116. The summed E-state index contributed by atoms with van der Waals surface area (Å²) < 4.78 is 37.5. The highest BCUT2D eigenvalue weighted by molar-refractivity contribution is 7.89. The van der Waals surface area contributed by atoms with E-state index in [1.54, 1.807) is 43.3 Å². The average molecular weight is 407 g/mol. The molecule has 0 aliphatic heterocycles. The molecule has 0 saturated heterocycles. The standard InChI is InChI=1S/C20H26N2O5S/c1-5-26-18-12-11-16(13-15(18)3)28(24,25)22(4)14-20(23)21-17-9-7-8-10-19(17)27-6-2/h7-13H,5-6,14H2,1-4H3,(H,21,23). The molecule has 0 radical (unpaired) electrons. The van der Waals surface area contributed by atoms with Crippen LogP contribution >= 0.6 is 0 Å². The summed E-state index contributed by atoms with van der Waals surface area (Å²) in [6.45, 7) is 6.11. The second-order valence-corrected chi connectivity index (χ2v) is 8.14. The normalized spacial score (nSPS) is 11.3. The Kier molecular flexibility index (Phi) is 7.42. The summed E-state index contributed by atoms with van der Waals surface area (Å²) in [5.41, 5.74) is 1.21. The minimum Gasteiger partial charge on any atom is -0.494 e. The van der Waals surface area contributed by atoms with Gasteiger partial charge in [0.25, 0.3) is 0 Å². The number of hydrogen-bond donors (Lipinski definition) is 1. The monoisotopic (exact) mass is 406 g/mol. The van der Waals surface area contributed by atoms with Crippen LogP contribution in [0.4, 0.5) is 5.69 Å². The van der Waals surface area contributed by atoms with E-state index in [1.807, 2.05) is 13.8 Å². The second-order valence-electron chi connectivity index (χ2n) is 6.10. The number of hydrogen-bond acceptors (Lipinski definition) is 5. The zero-order valence-electron chi connectivity index (χ0n) is 16.6. The molecule has 0 unspecified atom stereocenters. The van der Waals surface area contributed by atoms with Gasteiger partial charge in [0.05, 0.1) is 30.3 Å². The summed E-state index contributed by atoms with van der Waals surface area (Å²) in [6.07, 6.45) is 0. The van der Waals surface area contributed by atoms with E-state index >= 15 is 0 Å². The van der Waals surface area contributed by atoms with E-state index < -0.39 is 15.9 Å². The summed E-state index contributed by atoms with van der Waals surface area (Å²) >= 11 is 0. The highest BCUT2D eigenvalue weighted by atomic mass is 32.2. The fourth-order valence-electron chi connectivity index (χ4n) is 2.61. The lowest BCUT2D eigenvalue weighted by Crippen LogP contribution is -2.35. The van der Waals surface area contributed by atoms with E-state index in [-0.39, 0.29) is 11.4 Å². The van der Waals surface area contributed by atoms with E-state index in [0.29, 0.717) is 36.0 Å². The Labute approximate surface area is 166 Å². The first-order valence-corrected chi connectivity index (χ1v) is 10.4. The number of nitrogens with one attached hydrogen (secondary N) is 1. The third-order valence-electron chi connectivity index (χ3n) is 3.98. The highest BCUT2D eigenvalue weighted by Gasteiger charge is 2.24. The third kappa shape index (κ3) is 5.24. The fraction of sp³-hybridized carbons (Fsp3) is 0.350. The molecule has 28 heavy (non-hydrogen) atoms. The van der Waals surface area contributed by atoms with Crippen LogP contribution in [0.15, 0.2) is 47.4 Å². The minimum atomic E-state index is -3.82. The number of ether oxygens (including phenoxy) is 2. The highest BCUT2D eigenvalue weighted by Crippen LogP contribution is 2.25. The van der Waals surface area contributed by atoms with Crippen molar-refractivity contribution in [2.75, 3.05) is 32.1 Å². The van der Waals surface area contributed by atoms with Crippen LogP contribution in [0.2, 0.25) is 0 Å². The van der Waals surface area contributed by atoms with Gasteiger partial charge in [-0.15, -0.1) is 0 Å². The molecule has 0 heterocycles. The van der Waals surface area contributed by atoms with Crippen LogP contribution in [0.1, 0.15) is 19.4 Å². The Balaban J connectivity index is 2.12. The Hall–Kier alpha value is -2.58. The second kappa shape index (κ2) is 9.57. The molecule has 1 N–H and O–H groups in total. The maximum Gasteiger partial charge on any atom is 0.243 e. The van der Waals surface area contributed by atoms with Gasteiger partial charge in [0.2, 0.25) is 15.9 Å². The number of rotatable bonds is 9. The van der Waals surface area contributed by atoms with Gasteiger partial charge in [-0.25, -0.2) is 8.42 Å². The van der Waals surface area contributed by atoms with E-state index in [2.05, 4.69) is 5.32 Å². The number of carbonyl (C=O) groups excluding carboxylic acids is 1. The zero-order valence-corrected chi connectivity index (χ0v) is 17.4. The van der Waals surface area contributed by atoms with E-state index in [0.717, 1.165) is 4.31 Å². The van der Waals surface area contributed by atoms with Crippen molar-refractivity contribution >= 4 is 21.6 Å². The topological polar surface area (TPSA) is 84.9 Å². The zero-order chi connectivity index (χ0) is 20.7. The third-order valence-corrected chi connectivity index (χ3v) is 5.78. The number of benzene rings is 2. The molecule has 1 amide bonds. The number of para-hydroxylation sites is 2. The number of sulfonamides is 1. The van der Waals surface area contributed by atoms with Crippen LogP contribution in [-0.4, -0.2) is 45.4 Å². The van der Waals surface area contributed by atoms with Crippen LogP contribution in [0, 0.1) is 6.92 Å². The van der Waals surface area contributed by atoms with Crippen LogP contribution in [-0.2, 0) is 14.8 Å².